The van der Waals surface area contributed by atoms with E-state index in [1.165, 1.54) is 0 Å². The molecular formula is C17H23ClN4. The average Bonchev–Trinajstić information content (AvgIpc) is 2.51. The van der Waals surface area contributed by atoms with Crippen LogP contribution in [0.15, 0.2) is 30.5 Å². The summed E-state index contributed by atoms with van der Waals surface area (Å²) >= 11 is 6.23. The molecule has 1 aliphatic rings. The summed E-state index contributed by atoms with van der Waals surface area (Å²) < 4.78 is 0. The maximum absolute atomic E-state index is 6.23. The van der Waals surface area contributed by atoms with Gasteiger partial charge in [-0.2, -0.15) is 0 Å². The van der Waals surface area contributed by atoms with Crippen LogP contribution in [-0.4, -0.2) is 60.6 Å². The van der Waals surface area contributed by atoms with Crippen LogP contribution in [0.3, 0.4) is 0 Å². The number of pyridine rings is 1. The predicted octanol–water partition coefficient (Wildman–Crippen LogP) is 2.94. The number of para-hydroxylation sites is 1. The van der Waals surface area contributed by atoms with Crippen LogP contribution in [0.25, 0.3) is 10.9 Å². The lowest BCUT2D eigenvalue weighted by Gasteiger charge is -2.34. The van der Waals surface area contributed by atoms with E-state index in [0.29, 0.717) is 11.1 Å². The number of piperazine rings is 1. The van der Waals surface area contributed by atoms with Gasteiger partial charge in [-0.25, -0.2) is 0 Å². The fourth-order valence-electron chi connectivity index (χ4n) is 2.99. The molecule has 1 aromatic carbocycles. The molecule has 0 bridgehead atoms. The van der Waals surface area contributed by atoms with Gasteiger partial charge >= 0.3 is 0 Å². The minimum Gasteiger partial charge on any atom is -0.381 e. The molecule has 0 saturated carbocycles. The molecule has 0 spiro atoms. The van der Waals surface area contributed by atoms with Gasteiger partial charge < -0.3 is 10.2 Å². The van der Waals surface area contributed by atoms with Crippen LogP contribution >= 0.6 is 11.6 Å². The van der Waals surface area contributed by atoms with Crippen LogP contribution in [0, 0.1) is 0 Å². The fraction of sp³-hybridized carbons (Fsp3) is 0.471. The highest BCUT2D eigenvalue weighted by Gasteiger charge is 2.16. The molecule has 1 atom stereocenters. The zero-order valence-corrected chi connectivity index (χ0v) is 14.0. The van der Waals surface area contributed by atoms with Crippen molar-refractivity contribution in [2.24, 2.45) is 0 Å². The Kier molecular flexibility index (Phi) is 4.81. The first kappa shape index (κ1) is 15.5. The Hall–Kier alpha value is -1.36. The molecule has 1 aromatic heterocycles. The third-order valence-corrected chi connectivity index (χ3v) is 4.56. The first-order valence-electron chi connectivity index (χ1n) is 7.84. The lowest BCUT2D eigenvalue weighted by atomic mass is 10.1. The maximum Gasteiger partial charge on any atom is 0.0908 e. The molecule has 1 unspecified atom stereocenters. The van der Waals surface area contributed by atoms with Crippen molar-refractivity contribution in [2.45, 2.75) is 13.0 Å². The van der Waals surface area contributed by atoms with E-state index in [1.807, 2.05) is 24.4 Å². The van der Waals surface area contributed by atoms with Crippen LogP contribution in [0.2, 0.25) is 5.02 Å². The molecule has 2 heterocycles. The van der Waals surface area contributed by atoms with E-state index in [9.17, 15) is 0 Å². The molecule has 1 saturated heterocycles. The van der Waals surface area contributed by atoms with E-state index >= 15 is 0 Å². The number of halogens is 1. The molecule has 0 aliphatic carbocycles. The number of hydrogen-bond acceptors (Lipinski definition) is 4. The Morgan fingerprint density at radius 1 is 1.23 bits per heavy atom. The minimum atomic E-state index is 0.382. The molecule has 2 aromatic rings. The van der Waals surface area contributed by atoms with Gasteiger partial charge in [0.25, 0.3) is 0 Å². The highest BCUT2D eigenvalue weighted by atomic mass is 35.5. The van der Waals surface area contributed by atoms with Gasteiger partial charge in [0.15, 0.2) is 0 Å². The van der Waals surface area contributed by atoms with E-state index in [2.05, 4.69) is 40.1 Å². The molecule has 4 nitrogen and oxygen atoms in total. The summed E-state index contributed by atoms with van der Waals surface area (Å²) in [5.74, 6) is 0. The Morgan fingerprint density at radius 3 is 2.77 bits per heavy atom. The van der Waals surface area contributed by atoms with E-state index in [-0.39, 0.29) is 0 Å². The van der Waals surface area contributed by atoms with Gasteiger partial charge in [-0.1, -0.05) is 23.7 Å². The van der Waals surface area contributed by atoms with Crippen molar-refractivity contribution < 1.29 is 0 Å². The van der Waals surface area contributed by atoms with E-state index in [1.54, 1.807) is 0 Å². The topological polar surface area (TPSA) is 31.4 Å². The summed E-state index contributed by atoms with van der Waals surface area (Å²) in [6.45, 7) is 7.88. The molecule has 118 valence electrons. The van der Waals surface area contributed by atoms with Crippen LogP contribution < -0.4 is 5.32 Å². The maximum atomic E-state index is 6.23. The van der Waals surface area contributed by atoms with Crippen molar-refractivity contribution in [3.8, 4) is 0 Å². The molecule has 0 radical (unpaired) electrons. The Balaban J connectivity index is 1.69. The predicted molar refractivity (Wildman–Crippen MR) is 93.8 cm³/mol. The largest absolute Gasteiger partial charge is 0.381 e. The van der Waals surface area contributed by atoms with E-state index in [0.717, 1.165) is 49.3 Å². The molecule has 1 N–H and O–H groups in total. The first-order chi connectivity index (χ1) is 10.6. The Labute approximate surface area is 137 Å². The van der Waals surface area contributed by atoms with Crippen molar-refractivity contribution in [1.82, 2.24) is 14.8 Å². The number of aromatic nitrogens is 1. The van der Waals surface area contributed by atoms with Gasteiger partial charge in [-0.15, -0.1) is 0 Å². The summed E-state index contributed by atoms with van der Waals surface area (Å²) in [6.07, 6.45) is 1.82. The van der Waals surface area contributed by atoms with Gasteiger partial charge in [0, 0.05) is 56.0 Å². The molecule has 5 heteroatoms. The second-order valence-corrected chi connectivity index (χ2v) is 6.55. The van der Waals surface area contributed by atoms with Crippen LogP contribution in [0.5, 0.6) is 0 Å². The number of likely N-dealkylation sites (N-methyl/N-ethyl adjacent to an activating group) is 1. The molecule has 1 aliphatic heterocycles. The zero-order valence-electron chi connectivity index (χ0n) is 13.2. The lowest BCUT2D eigenvalue weighted by molar-refractivity contribution is 0.151. The van der Waals surface area contributed by atoms with Crippen molar-refractivity contribution in [3.63, 3.8) is 0 Å². The fourth-order valence-corrected chi connectivity index (χ4v) is 3.22. The van der Waals surface area contributed by atoms with Crippen LogP contribution in [0.1, 0.15) is 6.92 Å². The number of anilines is 1. The van der Waals surface area contributed by atoms with Crippen molar-refractivity contribution in [1.29, 1.82) is 0 Å². The third-order valence-electron chi connectivity index (χ3n) is 4.25. The molecule has 3 rings (SSSR count). The third kappa shape index (κ3) is 3.51. The summed E-state index contributed by atoms with van der Waals surface area (Å²) in [5.41, 5.74) is 1.97. The number of hydrogen-bond donors (Lipinski definition) is 1. The van der Waals surface area contributed by atoms with Crippen LogP contribution in [-0.2, 0) is 0 Å². The van der Waals surface area contributed by atoms with Crippen molar-refractivity contribution in [2.75, 3.05) is 45.1 Å². The summed E-state index contributed by atoms with van der Waals surface area (Å²) in [4.78, 5) is 9.29. The monoisotopic (exact) mass is 318 g/mol. The number of fused-ring (bicyclic) bond motifs is 1. The lowest BCUT2D eigenvalue weighted by Crippen LogP contribution is -2.47. The normalized spacial score (nSPS) is 18.5. The van der Waals surface area contributed by atoms with E-state index < -0.39 is 0 Å². The molecule has 0 amide bonds. The second kappa shape index (κ2) is 6.82. The summed E-state index contributed by atoms with van der Waals surface area (Å²) in [7, 11) is 2.19. The Morgan fingerprint density at radius 2 is 2.00 bits per heavy atom. The number of nitrogens with zero attached hydrogens (tertiary/aromatic N) is 3. The average molecular weight is 319 g/mol. The van der Waals surface area contributed by atoms with E-state index in [4.69, 9.17) is 11.6 Å². The standard InChI is InChI=1S/C17H23ClN4/c1-13(12-22-10-8-21(2)9-11-22)20-16-6-7-19-17-14(16)4-3-5-15(17)18/h3-7,13H,8-12H2,1-2H3,(H,19,20). The summed E-state index contributed by atoms with van der Waals surface area (Å²) in [5, 5.41) is 5.40. The van der Waals surface area contributed by atoms with Gasteiger partial charge in [-0.05, 0) is 26.1 Å². The van der Waals surface area contributed by atoms with Gasteiger partial charge in [-0.3, -0.25) is 9.88 Å². The second-order valence-electron chi connectivity index (χ2n) is 6.14. The van der Waals surface area contributed by atoms with Crippen molar-refractivity contribution in [3.05, 3.63) is 35.5 Å². The van der Waals surface area contributed by atoms with Crippen molar-refractivity contribution >= 4 is 28.2 Å². The van der Waals surface area contributed by atoms with Gasteiger partial charge in [0.2, 0.25) is 0 Å². The van der Waals surface area contributed by atoms with Gasteiger partial charge in [0.1, 0.15) is 0 Å². The first-order valence-corrected chi connectivity index (χ1v) is 8.22. The number of rotatable bonds is 4. The highest BCUT2D eigenvalue weighted by Crippen LogP contribution is 2.27. The SMILES string of the molecule is CC(CN1CCN(C)CC1)Nc1ccnc2c(Cl)cccc12. The number of nitrogens with one attached hydrogen (secondary N) is 1. The van der Waals surface area contributed by atoms with Gasteiger partial charge in [0.05, 0.1) is 10.5 Å². The molecule has 1 fully saturated rings. The smallest absolute Gasteiger partial charge is 0.0908 e. The Bertz CT molecular complexity index is 638. The summed E-state index contributed by atoms with van der Waals surface area (Å²) in [6, 6.07) is 8.34. The molecule has 22 heavy (non-hydrogen) atoms. The van der Waals surface area contributed by atoms with Crippen LogP contribution in [0.4, 0.5) is 5.69 Å². The quantitative estimate of drug-likeness (QED) is 0.939. The highest BCUT2D eigenvalue weighted by molar-refractivity contribution is 6.35. The minimum absolute atomic E-state index is 0.382. The number of benzene rings is 1. The zero-order chi connectivity index (χ0) is 15.5. The molecular weight excluding hydrogens is 296 g/mol.